The predicted octanol–water partition coefficient (Wildman–Crippen LogP) is 3.08. The van der Waals surface area contributed by atoms with Gasteiger partial charge in [-0.2, -0.15) is 0 Å². The van der Waals surface area contributed by atoms with Crippen LogP contribution in [0.3, 0.4) is 0 Å². The molecule has 5 nitrogen and oxygen atoms in total. The number of pyridine rings is 1. The van der Waals surface area contributed by atoms with E-state index in [4.69, 9.17) is 4.74 Å². The smallest absolute Gasteiger partial charge is 0.340 e. The molecule has 1 aliphatic rings. The highest BCUT2D eigenvalue weighted by atomic mass is 16.5. The third kappa shape index (κ3) is 2.85. The third-order valence-corrected chi connectivity index (χ3v) is 4.96. The summed E-state index contributed by atoms with van der Waals surface area (Å²) >= 11 is 0. The Labute approximate surface area is 137 Å². The summed E-state index contributed by atoms with van der Waals surface area (Å²) in [5.41, 5.74) is 2.51. The Bertz CT molecular complexity index is 702. The molecule has 0 aromatic carbocycles. The number of nitrogens with one attached hydrogen (secondary N) is 1. The van der Waals surface area contributed by atoms with E-state index in [9.17, 15) is 4.79 Å². The lowest BCUT2D eigenvalue weighted by Crippen LogP contribution is -2.32. The quantitative estimate of drug-likeness (QED) is 0.881. The first-order valence-corrected chi connectivity index (χ1v) is 8.48. The highest BCUT2D eigenvalue weighted by Gasteiger charge is 2.28. The van der Waals surface area contributed by atoms with Crippen LogP contribution in [-0.4, -0.2) is 35.2 Å². The van der Waals surface area contributed by atoms with E-state index in [1.54, 1.807) is 6.20 Å². The highest BCUT2D eigenvalue weighted by molar-refractivity contribution is 6.05. The van der Waals surface area contributed by atoms with Gasteiger partial charge in [-0.3, -0.25) is 0 Å². The molecule has 1 aliphatic heterocycles. The SMILES string of the molecule is CCOC(=O)c1c(C)n(C(C)C2CCNCC2)c2ncccc12. The topological polar surface area (TPSA) is 56.1 Å². The molecule has 124 valence electrons. The molecule has 2 aromatic heterocycles. The molecule has 5 heteroatoms. The number of hydrogen-bond donors (Lipinski definition) is 1. The fraction of sp³-hybridized carbons (Fsp3) is 0.556. The minimum Gasteiger partial charge on any atom is -0.462 e. The van der Waals surface area contributed by atoms with E-state index in [-0.39, 0.29) is 5.97 Å². The number of ether oxygens (including phenoxy) is 1. The molecule has 23 heavy (non-hydrogen) atoms. The zero-order valence-electron chi connectivity index (χ0n) is 14.1. The van der Waals surface area contributed by atoms with Crippen molar-refractivity contribution in [2.45, 2.75) is 39.7 Å². The molecular weight excluding hydrogens is 290 g/mol. The number of aromatic nitrogens is 2. The molecule has 1 unspecified atom stereocenters. The summed E-state index contributed by atoms with van der Waals surface area (Å²) in [7, 11) is 0. The van der Waals surface area contributed by atoms with Gasteiger partial charge in [-0.15, -0.1) is 0 Å². The van der Waals surface area contributed by atoms with Gasteiger partial charge in [-0.05, 0) is 64.8 Å². The standard InChI is InChI=1S/C18H25N3O2/c1-4-23-18(22)16-13(3)21(17-15(16)6-5-9-20-17)12(2)14-7-10-19-11-8-14/h5-6,9,12,14,19H,4,7-8,10-11H2,1-3H3. The van der Waals surface area contributed by atoms with Crippen LogP contribution in [0.4, 0.5) is 0 Å². The molecule has 0 amide bonds. The summed E-state index contributed by atoms with van der Waals surface area (Å²) < 4.78 is 7.50. The Morgan fingerprint density at radius 3 is 2.91 bits per heavy atom. The highest BCUT2D eigenvalue weighted by Crippen LogP contribution is 2.34. The van der Waals surface area contributed by atoms with Crippen LogP contribution in [0, 0.1) is 12.8 Å². The van der Waals surface area contributed by atoms with E-state index in [0.29, 0.717) is 24.1 Å². The summed E-state index contributed by atoms with van der Waals surface area (Å²) in [6.45, 7) is 8.59. The van der Waals surface area contributed by atoms with Crippen molar-refractivity contribution in [2.75, 3.05) is 19.7 Å². The summed E-state index contributed by atoms with van der Waals surface area (Å²) in [5.74, 6) is 0.349. The van der Waals surface area contributed by atoms with E-state index in [0.717, 1.165) is 42.7 Å². The molecule has 1 atom stereocenters. The van der Waals surface area contributed by atoms with Crippen LogP contribution in [0.1, 0.15) is 48.8 Å². The third-order valence-electron chi connectivity index (χ3n) is 4.96. The molecule has 1 fully saturated rings. The first-order valence-electron chi connectivity index (χ1n) is 8.48. The number of fused-ring (bicyclic) bond motifs is 1. The van der Waals surface area contributed by atoms with E-state index in [1.165, 1.54) is 0 Å². The van der Waals surface area contributed by atoms with Crippen LogP contribution in [0.5, 0.6) is 0 Å². The van der Waals surface area contributed by atoms with Crippen molar-refractivity contribution >= 4 is 17.0 Å². The lowest BCUT2D eigenvalue weighted by atomic mass is 9.91. The molecule has 0 spiro atoms. The van der Waals surface area contributed by atoms with E-state index in [1.807, 2.05) is 26.0 Å². The van der Waals surface area contributed by atoms with Gasteiger partial charge in [0.25, 0.3) is 0 Å². The molecule has 0 radical (unpaired) electrons. The largest absolute Gasteiger partial charge is 0.462 e. The van der Waals surface area contributed by atoms with Gasteiger partial charge >= 0.3 is 5.97 Å². The predicted molar refractivity (Wildman–Crippen MR) is 90.7 cm³/mol. The van der Waals surface area contributed by atoms with Crippen LogP contribution < -0.4 is 5.32 Å². The molecule has 3 rings (SSSR count). The Kier molecular flexibility index (Phi) is 4.66. The van der Waals surface area contributed by atoms with E-state index in [2.05, 4.69) is 21.8 Å². The number of rotatable bonds is 4. The van der Waals surface area contributed by atoms with Crippen LogP contribution in [0.15, 0.2) is 18.3 Å². The van der Waals surface area contributed by atoms with Gasteiger partial charge in [0.2, 0.25) is 0 Å². The van der Waals surface area contributed by atoms with Crippen molar-refractivity contribution in [3.63, 3.8) is 0 Å². The number of carbonyl (C=O) groups is 1. The lowest BCUT2D eigenvalue weighted by molar-refractivity contribution is 0.0527. The van der Waals surface area contributed by atoms with Crippen LogP contribution >= 0.6 is 0 Å². The first kappa shape index (κ1) is 16.0. The molecule has 0 aliphatic carbocycles. The molecule has 3 heterocycles. The fourth-order valence-electron chi connectivity index (χ4n) is 3.76. The summed E-state index contributed by atoms with van der Waals surface area (Å²) in [6.07, 6.45) is 4.10. The van der Waals surface area contributed by atoms with E-state index >= 15 is 0 Å². The van der Waals surface area contributed by atoms with Crippen molar-refractivity contribution in [1.82, 2.24) is 14.9 Å². The summed E-state index contributed by atoms with van der Waals surface area (Å²) in [5, 5.41) is 4.31. The number of piperidine rings is 1. The average Bonchev–Trinajstić information content (AvgIpc) is 2.87. The van der Waals surface area contributed by atoms with Gasteiger partial charge < -0.3 is 14.6 Å². The van der Waals surface area contributed by atoms with Crippen molar-refractivity contribution in [1.29, 1.82) is 0 Å². The van der Waals surface area contributed by atoms with Gasteiger partial charge in [0.1, 0.15) is 5.65 Å². The van der Waals surface area contributed by atoms with Crippen molar-refractivity contribution < 1.29 is 9.53 Å². The molecule has 1 N–H and O–H groups in total. The van der Waals surface area contributed by atoms with Crippen molar-refractivity contribution in [2.24, 2.45) is 5.92 Å². The minimum atomic E-state index is -0.251. The molecule has 0 saturated carbocycles. The van der Waals surface area contributed by atoms with E-state index < -0.39 is 0 Å². The summed E-state index contributed by atoms with van der Waals surface area (Å²) in [4.78, 5) is 17.0. The minimum absolute atomic E-state index is 0.251. The number of nitrogens with zero attached hydrogens (tertiary/aromatic N) is 2. The second-order valence-electron chi connectivity index (χ2n) is 6.25. The van der Waals surface area contributed by atoms with Gasteiger partial charge in [-0.1, -0.05) is 0 Å². The second kappa shape index (κ2) is 6.71. The molecule has 2 aromatic rings. The summed E-state index contributed by atoms with van der Waals surface area (Å²) in [6, 6.07) is 4.16. The van der Waals surface area contributed by atoms with Gasteiger partial charge in [0, 0.05) is 23.3 Å². The maximum atomic E-state index is 12.4. The number of carbonyl (C=O) groups excluding carboxylic acids is 1. The van der Waals surface area contributed by atoms with Crippen molar-refractivity contribution in [3.05, 3.63) is 29.6 Å². The lowest BCUT2D eigenvalue weighted by Gasteiger charge is -2.30. The first-order chi connectivity index (χ1) is 11.1. The second-order valence-corrected chi connectivity index (χ2v) is 6.25. The van der Waals surface area contributed by atoms with Gasteiger partial charge in [-0.25, -0.2) is 9.78 Å². The zero-order valence-corrected chi connectivity index (χ0v) is 14.1. The fourth-order valence-corrected chi connectivity index (χ4v) is 3.76. The Morgan fingerprint density at radius 2 is 2.22 bits per heavy atom. The molecular formula is C18H25N3O2. The zero-order chi connectivity index (χ0) is 16.4. The normalized spacial score (nSPS) is 17.3. The number of esters is 1. The van der Waals surface area contributed by atoms with Crippen LogP contribution in [0.25, 0.3) is 11.0 Å². The van der Waals surface area contributed by atoms with Crippen LogP contribution in [0.2, 0.25) is 0 Å². The molecule has 1 saturated heterocycles. The monoisotopic (exact) mass is 315 g/mol. The maximum Gasteiger partial charge on any atom is 0.340 e. The Balaban J connectivity index is 2.09. The Hall–Kier alpha value is -1.88. The van der Waals surface area contributed by atoms with Crippen LogP contribution in [-0.2, 0) is 4.74 Å². The maximum absolute atomic E-state index is 12.4. The molecule has 0 bridgehead atoms. The van der Waals surface area contributed by atoms with Crippen molar-refractivity contribution in [3.8, 4) is 0 Å². The average molecular weight is 315 g/mol. The van der Waals surface area contributed by atoms with Gasteiger partial charge in [0.15, 0.2) is 0 Å². The Morgan fingerprint density at radius 1 is 1.48 bits per heavy atom. The number of hydrogen-bond acceptors (Lipinski definition) is 4. The van der Waals surface area contributed by atoms with Gasteiger partial charge in [0.05, 0.1) is 12.2 Å².